The Morgan fingerprint density at radius 2 is 1.61 bits per heavy atom. The number of piperazine rings is 1. The topological polar surface area (TPSA) is 78.7 Å². The van der Waals surface area contributed by atoms with Gasteiger partial charge in [-0.3, -0.25) is 9.59 Å². The number of hydrogen-bond donors (Lipinski definition) is 2. The van der Waals surface area contributed by atoms with E-state index in [-0.39, 0.29) is 11.8 Å². The zero-order chi connectivity index (χ0) is 20.1. The molecule has 1 unspecified atom stereocenters. The van der Waals surface area contributed by atoms with Crippen LogP contribution in [0.3, 0.4) is 0 Å². The van der Waals surface area contributed by atoms with E-state index in [0.29, 0.717) is 12.1 Å². The van der Waals surface area contributed by atoms with Crippen LogP contribution in [-0.4, -0.2) is 54.8 Å². The fourth-order valence-corrected chi connectivity index (χ4v) is 3.19. The maximum absolute atomic E-state index is 12.4. The van der Waals surface area contributed by atoms with Gasteiger partial charge in [0.15, 0.2) is 0 Å². The Morgan fingerprint density at radius 1 is 1.00 bits per heavy atom. The highest BCUT2D eigenvalue weighted by Gasteiger charge is 2.19. The number of nitrogens with zero attached hydrogens (tertiary/aromatic N) is 2. The van der Waals surface area contributed by atoms with Gasteiger partial charge in [-0.25, -0.2) is 0 Å². The van der Waals surface area contributed by atoms with Crippen molar-refractivity contribution in [1.82, 2.24) is 9.80 Å². The summed E-state index contributed by atoms with van der Waals surface area (Å²) in [4.78, 5) is 29.0. The number of nitrogens with one attached hydrogen (secondary N) is 1. The number of benzene rings is 2. The van der Waals surface area contributed by atoms with E-state index in [4.69, 9.17) is 5.73 Å². The van der Waals surface area contributed by atoms with Crippen molar-refractivity contribution in [3.8, 4) is 0 Å². The molecule has 0 radical (unpaired) electrons. The molecule has 1 aliphatic heterocycles. The average Bonchev–Trinajstić information content (AvgIpc) is 2.70. The van der Waals surface area contributed by atoms with Crippen molar-refractivity contribution in [3.63, 3.8) is 0 Å². The van der Waals surface area contributed by atoms with Crippen LogP contribution in [0.1, 0.15) is 22.7 Å². The Bertz CT molecular complexity index is 809. The molecule has 2 aromatic rings. The lowest BCUT2D eigenvalue weighted by Gasteiger charge is -2.32. The monoisotopic (exact) mass is 380 g/mol. The first-order valence-corrected chi connectivity index (χ1v) is 9.60. The van der Waals surface area contributed by atoms with E-state index in [2.05, 4.69) is 17.3 Å². The molecule has 1 fully saturated rings. The normalized spacial score (nSPS) is 15.9. The van der Waals surface area contributed by atoms with E-state index in [9.17, 15) is 9.59 Å². The summed E-state index contributed by atoms with van der Waals surface area (Å²) < 4.78 is 0. The molecule has 1 heterocycles. The van der Waals surface area contributed by atoms with E-state index < -0.39 is 6.04 Å². The number of rotatable bonds is 5. The highest BCUT2D eigenvalue weighted by molar-refractivity contribution is 5.95. The van der Waals surface area contributed by atoms with Crippen molar-refractivity contribution >= 4 is 17.5 Å². The zero-order valence-electron chi connectivity index (χ0n) is 16.5. The van der Waals surface area contributed by atoms with E-state index in [0.717, 1.165) is 42.9 Å². The predicted octanol–water partition coefficient (Wildman–Crippen LogP) is 1.95. The fraction of sp³-hybridized carbons (Fsp3) is 0.364. The molecule has 1 aliphatic rings. The summed E-state index contributed by atoms with van der Waals surface area (Å²) >= 11 is 0. The minimum absolute atomic E-state index is 0.145. The molecule has 28 heavy (non-hydrogen) atoms. The molecule has 0 spiro atoms. The fourth-order valence-electron chi connectivity index (χ4n) is 3.19. The predicted molar refractivity (Wildman–Crippen MR) is 111 cm³/mol. The molecule has 0 bridgehead atoms. The molecular weight excluding hydrogens is 352 g/mol. The van der Waals surface area contributed by atoms with Crippen LogP contribution in [0.25, 0.3) is 0 Å². The van der Waals surface area contributed by atoms with Gasteiger partial charge in [0.1, 0.15) is 6.04 Å². The zero-order valence-corrected chi connectivity index (χ0v) is 16.5. The Hall–Kier alpha value is -2.70. The number of carbonyl (C=O) groups is 2. The molecule has 3 rings (SSSR count). The van der Waals surface area contributed by atoms with Gasteiger partial charge in [0.2, 0.25) is 11.8 Å². The number of aryl methyl sites for hydroxylation is 1. The van der Waals surface area contributed by atoms with Gasteiger partial charge < -0.3 is 20.9 Å². The largest absolute Gasteiger partial charge is 0.340 e. The Labute approximate surface area is 166 Å². The number of anilines is 1. The number of likely N-dealkylation sites (N-methyl/N-ethyl adjacent to an activating group) is 1. The van der Waals surface area contributed by atoms with Crippen LogP contribution in [0.2, 0.25) is 0 Å². The number of carbonyl (C=O) groups excluding carboxylic acids is 2. The number of nitrogens with two attached hydrogens (primary N) is 1. The third-order valence-corrected chi connectivity index (χ3v) is 5.15. The summed E-state index contributed by atoms with van der Waals surface area (Å²) in [7, 11) is 2.07. The molecule has 6 heteroatoms. The second-order valence-corrected chi connectivity index (χ2v) is 7.44. The molecular formula is C22H28N4O2. The minimum atomic E-state index is -0.723. The first kappa shape index (κ1) is 20.0. The van der Waals surface area contributed by atoms with Gasteiger partial charge in [-0.1, -0.05) is 42.0 Å². The minimum Gasteiger partial charge on any atom is -0.340 e. The second kappa shape index (κ2) is 8.99. The third kappa shape index (κ3) is 5.18. The average molecular weight is 380 g/mol. The molecule has 2 aromatic carbocycles. The highest BCUT2D eigenvalue weighted by atomic mass is 16.2. The SMILES string of the molecule is Cc1ccc(C(N)C(=O)Nc2ccc(CC(=O)N3CCN(C)CC3)cc2)cc1. The van der Waals surface area contributed by atoms with Crippen molar-refractivity contribution in [2.45, 2.75) is 19.4 Å². The van der Waals surface area contributed by atoms with E-state index in [1.807, 2.05) is 60.4 Å². The third-order valence-electron chi connectivity index (χ3n) is 5.15. The maximum atomic E-state index is 12.4. The van der Waals surface area contributed by atoms with Crippen LogP contribution in [0.5, 0.6) is 0 Å². The van der Waals surface area contributed by atoms with Crippen LogP contribution in [0, 0.1) is 6.92 Å². The summed E-state index contributed by atoms with van der Waals surface area (Å²) in [6.07, 6.45) is 0.376. The van der Waals surface area contributed by atoms with Crippen molar-refractivity contribution in [2.75, 3.05) is 38.5 Å². The maximum Gasteiger partial charge on any atom is 0.245 e. The molecule has 1 atom stereocenters. The van der Waals surface area contributed by atoms with Gasteiger partial charge in [0.25, 0.3) is 0 Å². The van der Waals surface area contributed by atoms with Crippen LogP contribution in [-0.2, 0) is 16.0 Å². The van der Waals surface area contributed by atoms with Crippen molar-refractivity contribution in [3.05, 3.63) is 65.2 Å². The smallest absolute Gasteiger partial charge is 0.245 e. The van der Waals surface area contributed by atoms with Crippen LogP contribution >= 0.6 is 0 Å². The van der Waals surface area contributed by atoms with E-state index >= 15 is 0 Å². The molecule has 1 saturated heterocycles. The lowest BCUT2D eigenvalue weighted by atomic mass is 10.1. The van der Waals surface area contributed by atoms with Gasteiger partial charge >= 0.3 is 0 Å². The van der Waals surface area contributed by atoms with Crippen molar-refractivity contribution in [1.29, 1.82) is 0 Å². The highest BCUT2D eigenvalue weighted by Crippen LogP contribution is 2.16. The molecule has 3 N–H and O–H groups in total. The summed E-state index contributed by atoms with van der Waals surface area (Å²) in [5, 5.41) is 2.84. The molecule has 148 valence electrons. The van der Waals surface area contributed by atoms with Crippen LogP contribution in [0.4, 0.5) is 5.69 Å². The molecule has 0 saturated carbocycles. The standard InChI is InChI=1S/C22H28N4O2/c1-16-3-7-18(8-4-16)21(23)22(28)24-19-9-5-17(6-10-19)15-20(27)26-13-11-25(2)12-14-26/h3-10,21H,11-15,23H2,1-2H3,(H,24,28). The van der Waals surface area contributed by atoms with Gasteiger partial charge in [-0.05, 0) is 37.2 Å². The van der Waals surface area contributed by atoms with Gasteiger partial charge in [-0.2, -0.15) is 0 Å². The molecule has 0 aromatic heterocycles. The molecule has 2 amide bonds. The first-order chi connectivity index (χ1) is 13.4. The van der Waals surface area contributed by atoms with Gasteiger partial charge in [-0.15, -0.1) is 0 Å². The van der Waals surface area contributed by atoms with E-state index in [1.165, 1.54) is 0 Å². The summed E-state index contributed by atoms with van der Waals surface area (Å²) in [6, 6.07) is 14.3. The summed E-state index contributed by atoms with van der Waals surface area (Å²) in [6.45, 7) is 5.38. The van der Waals surface area contributed by atoms with Crippen molar-refractivity contribution < 1.29 is 9.59 Å². The molecule has 0 aliphatic carbocycles. The van der Waals surface area contributed by atoms with Gasteiger partial charge in [0, 0.05) is 31.9 Å². The second-order valence-electron chi connectivity index (χ2n) is 7.44. The Balaban J connectivity index is 1.54. The first-order valence-electron chi connectivity index (χ1n) is 9.60. The van der Waals surface area contributed by atoms with E-state index in [1.54, 1.807) is 0 Å². The quantitative estimate of drug-likeness (QED) is 0.831. The summed E-state index contributed by atoms with van der Waals surface area (Å²) in [5.41, 5.74) is 9.56. The Kier molecular flexibility index (Phi) is 6.44. The van der Waals surface area contributed by atoms with Crippen molar-refractivity contribution in [2.24, 2.45) is 5.73 Å². The number of amides is 2. The number of hydrogen-bond acceptors (Lipinski definition) is 4. The summed E-state index contributed by atoms with van der Waals surface area (Å²) in [5.74, 6) is -0.114. The Morgan fingerprint density at radius 3 is 2.21 bits per heavy atom. The molecule has 6 nitrogen and oxygen atoms in total. The lowest BCUT2D eigenvalue weighted by Crippen LogP contribution is -2.47. The van der Waals surface area contributed by atoms with Gasteiger partial charge in [0.05, 0.1) is 6.42 Å². The lowest BCUT2D eigenvalue weighted by molar-refractivity contribution is -0.132. The van der Waals surface area contributed by atoms with Crippen LogP contribution in [0.15, 0.2) is 48.5 Å². The van der Waals surface area contributed by atoms with Crippen LogP contribution < -0.4 is 11.1 Å².